The SMILES string of the molecule is C=C[C@@H](C)C1=CCCc2ccccc21. The van der Waals surface area contributed by atoms with Gasteiger partial charge in [0.2, 0.25) is 0 Å². The van der Waals surface area contributed by atoms with Crippen molar-refractivity contribution in [2.75, 3.05) is 0 Å². The molecule has 0 heteroatoms. The molecule has 0 amide bonds. The van der Waals surface area contributed by atoms with Gasteiger partial charge in [0.25, 0.3) is 0 Å². The van der Waals surface area contributed by atoms with Crippen LogP contribution in [-0.4, -0.2) is 0 Å². The molecule has 1 aliphatic carbocycles. The summed E-state index contributed by atoms with van der Waals surface area (Å²) in [6.45, 7) is 6.08. The van der Waals surface area contributed by atoms with Gasteiger partial charge in [-0.1, -0.05) is 43.3 Å². The Hall–Kier alpha value is -1.30. The van der Waals surface area contributed by atoms with Crippen molar-refractivity contribution in [2.45, 2.75) is 19.8 Å². The summed E-state index contributed by atoms with van der Waals surface area (Å²) in [5.74, 6) is 0.469. The van der Waals surface area contributed by atoms with E-state index in [9.17, 15) is 0 Å². The van der Waals surface area contributed by atoms with E-state index in [0.717, 1.165) is 0 Å². The van der Waals surface area contributed by atoms with Gasteiger partial charge in [-0.3, -0.25) is 0 Å². The van der Waals surface area contributed by atoms with Crippen LogP contribution in [0.15, 0.2) is 43.0 Å². The molecule has 0 radical (unpaired) electrons. The van der Waals surface area contributed by atoms with Gasteiger partial charge >= 0.3 is 0 Å². The lowest BCUT2D eigenvalue weighted by molar-refractivity contribution is 0.903. The maximum atomic E-state index is 3.87. The average Bonchev–Trinajstić information content (AvgIpc) is 2.27. The Kier molecular flexibility index (Phi) is 2.53. The summed E-state index contributed by atoms with van der Waals surface area (Å²) in [5.41, 5.74) is 4.35. The molecule has 0 aliphatic heterocycles. The number of benzene rings is 1. The van der Waals surface area contributed by atoms with E-state index in [0.29, 0.717) is 5.92 Å². The number of aryl methyl sites for hydroxylation is 1. The first-order valence-corrected chi connectivity index (χ1v) is 5.24. The van der Waals surface area contributed by atoms with Crippen molar-refractivity contribution in [3.05, 3.63) is 54.1 Å². The van der Waals surface area contributed by atoms with Crippen molar-refractivity contribution in [2.24, 2.45) is 5.92 Å². The Morgan fingerprint density at radius 2 is 2.14 bits per heavy atom. The summed E-state index contributed by atoms with van der Waals surface area (Å²) in [4.78, 5) is 0. The van der Waals surface area contributed by atoms with Crippen molar-refractivity contribution < 1.29 is 0 Å². The molecule has 0 aromatic heterocycles. The maximum Gasteiger partial charge on any atom is -0.00102 e. The first-order valence-electron chi connectivity index (χ1n) is 5.24. The molecule has 0 saturated heterocycles. The summed E-state index contributed by atoms with van der Waals surface area (Å²) in [5, 5.41) is 0. The topological polar surface area (TPSA) is 0 Å². The fourth-order valence-corrected chi connectivity index (χ4v) is 2.07. The van der Waals surface area contributed by atoms with E-state index in [4.69, 9.17) is 0 Å². The third kappa shape index (κ3) is 1.52. The van der Waals surface area contributed by atoms with Gasteiger partial charge in [0, 0.05) is 0 Å². The quantitative estimate of drug-likeness (QED) is 0.613. The minimum absolute atomic E-state index is 0.469. The summed E-state index contributed by atoms with van der Waals surface area (Å²) >= 11 is 0. The van der Waals surface area contributed by atoms with Crippen molar-refractivity contribution in [1.82, 2.24) is 0 Å². The van der Waals surface area contributed by atoms with Crippen LogP contribution < -0.4 is 0 Å². The minimum Gasteiger partial charge on any atom is -0.102 e. The Labute approximate surface area is 86.0 Å². The number of hydrogen-bond acceptors (Lipinski definition) is 0. The molecule has 0 saturated carbocycles. The first kappa shape index (κ1) is 9.26. The molecule has 1 aromatic carbocycles. The summed E-state index contributed by atoms with van der Waals surface area (Å²) in [7, 11) is 0. The molecule has 0 bridgehead atoms. The standard InChI is InChI=1S/C14H16/c1-3-11(2)13-10-6-8-12-7-4-5-9-14(12)13/h3-5,7,9-11H,1,6,8H2,2H3/t11-/m1/s1. The lowest BCUT2D eigenvalue weighted by atomic mass is 9.84. The lowest BCUT2D eigenvalue weighted by Gasteiger charge is -2.20. The third-order valence-corrected chi connectivity index (χ3v) is 2.95. The van der Waals surface area contributed by atoms with E-state index in [1.807, 2.05) is 6.08 Å². The van der Waals surface area contributed by atoms with E-state index < -0.39 is 0 Å². The molecular formula is C14H16. The highest BCUT2D eigenvalue weighted by atomic mass is 14.2. The van der Waals surface area contributed by atoms with Gasteiger partial charge in [-0.05, 0) is 35.5 Å². The van der Waals surface area contributed by atoms with E-state index in [-0.39, 0.29) is 0 Å². The highest BCUT2D eigenvalue weighted by molar-refractivity contribution is 5.72. The van der Waals surface area contributed by atoms with Crippen molar-refractivity contribution in [3.8, 4) is 0 Å². The van der Waals surface area contributed by atoms with Crippen molar-refractivity contribution in [3.63, 3.8) is 0 Å². The highest BCUT2D eigenvalue weighted by Gasteiger charge is 2.14. The third-order valence-electron chi connectivity index (χ3n) is 2.95. The molecule has 0 nitrogen and oxygen atoms in total. The van der Waals surface area contributed by atoms with Crippen LogP contribution in [0, 0.1) is 5.92 Å². The Balaban J connectivity index is 2.45. The predicted octanol–water partition coefficient (Wildman–Crippen LogP) is 3.84. The smallest absolute Gasteiger partial charge is 0.00102 e. The van der Waals surface area contributed by atoms with E-state index in [2.05, 4.69) is 43.8 Å². The van der Waals surface area contributed by atoms with Crippen LogP contribution in [0.3, 0.4) is 0 Å². The van der Waals surface area contributed by atoms with E-state index in [1.54, 1.807) is 0 Å². The van der Waals surface area contributed by atoms with Crippen molar-refractivity contribution >= 4 is 5.57 Å². The molecule has 1 aromatic rings. The van der Waals surface area contributed by atoms with E-state index >= 15 is 0 Å². The van der Waals surface area contributed by atoms with Crippen LogP contribution in [0.4, 0.5) is 0 Å². The Bertz CT molecular complexity index is 371. The summed E-state index contributed by atoms with van der Waals surface area (Å²) in [6.07, 6.45) is 6.73. The van der Waals surface area contributed by atoms with Crippen LogP contribution in [0.1, 0.15) is 24.5 Å². The molecular weight excluding hydrogens is 168 g/mol. The molecule has 0 heterocycles. The number of fused-ring (bicyclic) bond motifs is 1. The average molecular weight is 184 g/mol. The second-order valence-electron chi connectivity index (χ2n) is 3.88. The fourth-order valence-electron chi connectivity index (χ4n) is 2.07. The van der Waals surface area contributed by atoms with Gasteiger partial charge in [0.05, 0.1) is 0 Å². The number of allylic oxidation sites excluding steroid dienone is 3. The monoisotopic (exact) mass is 184 g/mol. The van der Waals surface area contributed by atoms with Gasteiger partial charge in [-0.25, -0.2) is 0 Å². The maximum absolute atomic E-state index is 3.87. The molecule has 14 heavy (non-hydrogen) atoms. The summed E-state index contributed by atoms with van der Waals surface area (Å²) < 4.78 is 0. The zero-order valence-corrected chi connectivity index (χ0v) is 8.66. The summed E-state index contributed by atoms with van der Waals surface area (Å²) in [6, 6.07) is 8.70. The number of hydrogen-bond donors (Lipinski definition) is 0. The van der Waals surface area contributed by atoms with Gasteiger partial charge in [0.15, 0.2) is 0 Å². The van der Waals surface area contributed by atoms with Crippen LogP contribution in [0.2, 0.25) is 0 Å². The first-order chi connectivity index (χ1) is 6.83. The molecule has 1 atom stereocenters. The molecule has 72 valence electrons. The van der Waals surface area contributed by atoms with Crippen LogP contribution in [-0.2, 0) is 6.42 Å². The normalized spacial score (nSPS) is 16.8. The molecule has 0 N–H and O–H groups in total. The second kappa shape index (κ2) is 3.83. The largest absolute Gasteiger partial charge is 0.102 e. The molecule has 2 rings (SSSR count). The highest BCUT2D eigenvalue weighted by Crippen LogP contribution is 2.31. The Morgan fingerprint density at radius 3 is 2.93 bits per heavy atom. The second-order valence-corrected chi connectivity index (χ2v) is 3.88. The fraction of sp³-hybridized carbons (Fsp3) is 0.286. The van der Waals surface area contributed by atoms with Crippen LogP contribution >= 0.6 is 0 Å². The van der Waals surface area contributed by atoms with E-state index in [1.165, 1.54) is 29.5 Å². The zero-order chi connectivity index (χ0) is 9.97. The number of rotatable bonds is 2. The predicted molar refractivity (Wildman–Crippen MR) is 62.1 cm³/mol. The van der Waals surface area contributed by atoms with Gasteiger partial charge in [-0.2, -0.15) is 0 Å². The molecule has 1 aliphatic rings. The molecule has 0 spiro atoms. The van der Waals surface area contributed by atoms with Crippen LogP contribution in [0.25, 0.3) is 5.57 Å². The lowest BCUT2D eigenvalue weighted by Crippen LogP contribution is -2.04. The van der Waals surface area contributed by atoms with Gasteiger partial charge in [-0.15, -0.1) is 6.58 Å². The molecule has 0 fully saturated rings. The molecule has 0 unspecified atom stereocenters. The van der Waals surface area contributed by atoms with Crippen molar-refractivity contribution in [1.29, 1.82) is 0 Å². The van der Waals surface area contributed by atoms with Gasteiger partial charge < -0.3 is 0 Å². The minimum atomic E-state index is 0.469. The Morgan fingerprint density at radius 1 is 1.36 bits per heavy atom. The zero-order valence-electron chi connectivity index (χ0n) is 8.66. The van der Waals surface area contributed by atoms with Crippen LogP contribution in [0.5, 0.6) is 0 Å². The van der Waals surface area contributed by atoms with Gasteiger partial charge in [0.1, 0.15) is 0 Å².